The van der Waals surface area contributed by atoms with Crippen molar-refractivity contribution in [3.05, 3.63) is 143 Å². The number of halogens is 6. The molecule has 1 N–H and O–H groups in total. The van der Waals surface area contributed by atoms with Crippen LogP contribution in [-0.4, -0.2) is 28.3 Å². The van der Waals surface area contributed by atoms with Gasteiger partial charge >= 0.3 is 28.5 Å². The van der Waals surface area contributed by atoms with E-state index in [1.165, 1.54) is 36.4 Å². The van der Waals surface area contributed by atoms with Crippen molar-refractivity contribution in [2.24, 2.45) is 0 Å². The molecule has 0 saturated carbocycles. The van der Waals surface area contributed by atoms with Crippen LogP contribution in [0.15, 0.2) is 109 Å². The summed E-state index contributed by atoms with van der Waals surface area (Å²) >= 11 is 4.63. The Bertz CT molecular complexity index is 1310. The van der Waals surface area contributed by atoms with Gasteiger partial charge in [0, 0.05) is 22.3 Å². The van der Waals surface area contributed by atoms with Crippen molar-refractivity contribution in [2.45, 2.75) is 15.8 Å². The van der Waals surface area contributed by atoms with Gasteiger partial charge in [0.1, 0.15) is 6.10 Å². The zero-order chi connectivity index (χ0) is 26.3. The molecule has 0 radical (unpaired) electrons. The van der Waals surface area contributed by atoms with Crippen molar-refractivity contribution in [3.63, 3.8) is 0 Å². The smallest absolute Gasteiger partial charge is 1.00 e. The fraction of sp³-hybridized carbons (Fsp3) is 0.107. The third-order valence-corrected chi connectivity index (χ3v) is 6.04. The van der Waals surface area contributed by atoms with Crippen molar-refractivity contribution in [2.75, 3.05) is 0 Å². The van der Waals surface area contributed by atoms with E-state index >= 15 is 0 Å². The first-order valence-corrected chi connectivity index (χ1v) is 12.2. The van der Waals surface area contributed by atoms with Crippen molar-refractivity contribution in [1.29, 1.82) is 0 Å². The monoisotopic (exact) mass is 660 g/mol. The summed E-state index contributed by atoms with van der Waals surface area (Å²) in [5, 5.41) is 10.2. The minimum Gasteiger partial charge on any atom is -1.00 e. The summed E-state index contributed by atoms with van der Waals surface area (Å²) in [6.07, 6.45) is -1.06. The van der Waals surface area contributed by atoms with Crippen LogP contribution in [0.2, 0.25) is 0 Å². The normalized spacial score (nSPS) is 11.7. The average Bonchev–Trinajstić information content (AvgIpc) is 2.88. The fourth-order valence-corrected chi connectivity index (χ4v) is 4.19. The molecule has 0 amide bonds. The molecule has 0 aliphatic heterocycles. The third kappa shape index (κ3) is 9.21. The summed E-state index contributed by atoms with van der Waals surface area (Å²) in [4.78, 5) is 5.79. The van der Waals surface area contributed by atoms with E-state index in [1.54, 1.807) is 72.8 Å². The van der Waals surface area contributed by atoms with Crippen LogP contribution in [-0.2, 0) is 9.66 Å². The second-order valence-corrected chi connectivity index (χ2v) is 9.63. The summed E-state index contributed by atoms with van der Waals surface area (Å²) < 4.78 is 53.5. The number of ketones is 1. The molecule has 0 spiro atoms. The van der Waals surface area contributed by atoms with Crippen molar-refractivity contribution >= 4 is 55.0 Å². The van der Waals surface area contributed by atoms with Crippen molar-refractivity contribution in [3.8, 4) is 0 Å². The van der Waals surface area contributed by atoms with E-state index in [2.05, 4.69) is 31.9 Å². The Hall–Kier alpha value is -1.68. The van der Waals surface area contributed by atoms with Crippen molar-refractivity contribution < 1.29 is 47.7 Å². The van der Waals surface area contributed by atoms with Gasteiger partial charge in [-0.3, -0.25) is 4.79 Å². The molecule has 2 nitrogen and oxygen atoms in total. The van der Waals surface area contributed by atoms with Gasteiger partial charge in [-0.05, 0) is 43.0 Å². The number of hydrogen-bond donors (Lipinski definition) is 1. The molecule has 194 valence electrons. The number of alkyl halides is 6. The van der Waals surface area contributed by atoms with E-state index in [-0.39, 0.29) is 59.9 Å². The standard InChI is InChI=1S/C14H11BrF2O.C14H9BrF2O.Al.Li.4H/c2*15-14(16,17)12-9-5-4-8-11(12)13(18)10-6-2-1-3-7-10;;;;;;/h1-9,13,18H;1-9H;;;;;;/q;;;+1;;;;-1. The van der Waals surface area contributed by atoms with Crippen LogP contribution in [0.3, 0.4) is 0 Å². The zero-order valence-corrected chi connectivity index (χ0v) is 22.8. The van der Waals surface area contributed by atoms with Gasteiger partial charge in [0.25, 0.3) is 0 Å². The quantitative estimate of drug-likeness (QED) is 0.143. The topological polar surface area (TPSA) is 37.3 Å². The molecule has 4 aromatic rings. The SMILES string of the molecule is O=C(c1ccccc1)c1ccccc1C(F)(F)Br.OC(c1ccccc1)c1ccccc1C(F)(F)Br.[AlH3].[H-].[Li+]. The third-order valence-electron chi connectivity index (χ3n) is 5.19. The van der Waals surface area contributed by atoms with Gasteiger partial charge in [0.05, 0.1) is 0 Å². The Labute approximate surface area is 259 Å². The van der Waals surface area contributed by atoms with Gasteiger partial charge in [-0.2, -0.15) is 17.6 Å². The van der Waals surface area contributed by atoms with Crippen LogP contribution >= 0.6 is 31.9 Å². The van der Waals surface area contributed by atoms with E-state index in [4.69, 9.17) is 0 Å². The fourth-order valence-electron chi connectivity index (χ4n) is 3.48. The summed E-state index contributed by atoms with van der Waals surface area (Å²) in [6, 6.07) is 28.7. The van der Waals surface area contributed by atoms with E-state index in [0.717, 1.165) is 0 Å². The van der Waals surface area contributed by atoms with Gasteiger partial charge in [-0.25, -0.2) is 0 Å². The first-order valence-electron chi connectivity index (χ1n) is 10.6. The first kappa shape index (κ1) is 34.3. The number of carbonyl (C=O) groups excluding carboxylic acids is 1. The molecule has 0 heterocycles. The summed E-state index contributed by atoms with van der Waals surface area (Å²) in [7, 11) is 0. The molecular formula is C28H24AlBr2F4LiO2. The summed E-state index contributed by atoms with van der Waals surface area (Å²) in [5.74, 6) is -0.412. The van der Waals surface area contributed by atoms with Gasteiger partial charge in [0.2, 0.25) is 0 Å². The molecule has 1 unspecified atom stereocenters. The maximum Gasteiger partial charge on any atom is 1.00 e. The molecular weight excluding hydrogens is 638 g/mol. The molecule has 10 heteroatoms. The number of hydrogen-bond acceptors (Lipinski definition) is 2. The molecule has 4 rings (SSSR count). The summed E-state index contributed by atoms with van der Waals surface area (Å²) in [6.45, 7) is 0. The molecule has 0 aromatic heterocycles. The van der Waals surface area contributed by atoms with E-state index in [1.807, 2.05) is 0 Å². The largest absolute Gasteiger partial charge is 1.00 e. The maximum absolute atomic E-state index is 13.4. The van der Waals surface area contributed by atoms with Gasteiger partial charge in [0.15, 0.2) is 23.1 Å². The minimum atomic E-state index is -3.21. The predicted molar refractivity (Wildman–Crippen MR) is 150 cm³/mol. The number of aliphatic hydroxyl groups excluding tert-OH is 1. The van der Waals surface area contributed by atoms with Gasteiger partial charge in [-0.1, -0.05) is 109 Å². The van der Waals surface area contributed by atoms with E-state index < -0.39 is 21.6 Å². The number of benzene rings is 4. The van der Waals surface area contributed by atoms with E-state index in [0.29, 0.717) is 11.1 Å². The molecule has 0 aliphatic rings. The Kier molecular flexibility index (Phi) is 13.7. The maximum atomic E-state index is 13.4. The molecule has 1 atom stereocenters. The number of rotatable bonds is 6. The molecule has 0 fully saturated rings. The van der Waals surface area contributed by atoms with Crippen molar-refractivity contribution in [1.82, 2.24) is 0 Å². The minimum absolute atomic E-state index is 0. The first-order chi connectivity index (χ1) is 17.0. The van der Waals surface area contributed by atoms with Gasteiger partial charge in [-0.15, -0.1) is 0 Å². The van der Waals surface area contributed by atoms with Crippen LogP contribution in [0, 0.1) is 0 Å². The van der Waals surface area contributed by atoms with Crippen LogP contribution < -0.4 is 18.9 Å². The van der Waals surface area contributed by atoms with Crippen LogP contribution in [0.5, 0.6) is 0 Å². The Morgan fingerprint density at radius 1 is 0.684 bits per heavy atom. The Balaban J connectivity index is 0.000000688. The molecule has 0 aliphatic carbocycles. The van der Waals surface area contributed by atoms with E-state index in [9.17, 15) is 27.5 Å². The Morgan fingerprint density at radius 2 is 1.11 bits per heavy atom. The molecule has 0 bridgehead atoms. The molecule has 0 saturated heterocycles. The van der Waals surface area contributed by atoms with Crippen LogP contribution in [0.4, 0.5) is 17.6 Å². The Morgan fingerprint density at radius 3 is 1.63 bits per heavy atom. The van der Waals surface area contributed by atoms with Gasteiger partial charge < -0.3 is 6.53 Å². The summed E-state index contributed by atoms with van der Waals surface area (Å²) in [5.41, 5.74) is 0.639. The van der Waals surface area contributed by atoms with Crippen LogP contribution in [0.1, 0.15) is 45.7 Å². The number of carbonyl (C=O) groups is 1. The molecule has 4 aromatic carbocycles. The number of aliphatic hydroxyl groups is 1. The molecule has 38 heavy (non-hydrogen) atoms. The average molecular weight is 662 g/mol. The zero-order valence-electron chi connectivity index (χ0n) is 20.6. The second-order valence-electron chi connectivity index (χ2n) is 7.64. The second kappa shape index (κ2) is 15.2. The van der Waals surface area contributed by atoms with Crippen LogP contribution in [0.25, 0.3) is 0 Å². The predicted octanol–water partition coefficient (Wildman–Crippen LogP) is 4.51.